The second-order valence-corrected chi connectivity index (χ2v) is 6.58. The van der Waals surface area contributed by atoms with Crippen LogP contribution in [0.4, 0.5) is 0 Å². The molecule has 0 heteroatoms. The Balaban J connectivity index is 3.20. The fraction of sp³-hybridized carbons (Fsp3) is 0.231. The molecule has 0 unspecified atom stereocenters. The van der Waals surface area contributed by atoms with Gasteiger partial charge in [0.25, 0.3) is 0 Å². The monoisotopic (exact) mass is 334 g/mol. The maximum atomic E-state index is 5.80. The van der Waals surface area contributed by atoms with E-state index in [0.29, 0.717) is 0 Å². The summed E-state index contributed by atoms with van der Waals surface area (Å²) >= 11 is 0. The Hall–Kier alpha value is -3.32. The first kappa shape index (κ1) is 19.0. The molecule has 0 aromatic heterocycles. The van der Waals surface area contributed by atoms with Crippen LogP contribution in [0.2, 0.25) is 0 Å². The Morgan fingerprint density at radius 2 is 0.577 bits per heavy atom. The summed E-state index contributed by atoms with van der Waals surface area (Å²) in [4.78, 5) is 0. The zero-order valence-electron chi connectivity index (χ0n) is 16.3. The third kappa shape index (κ3) is 2.49. The van der Waals surface area contributed by atoms with Crippen molar-refractivity contribution in [3.05, 3.63) is 55.6 Å². The maximum absolute atomic E-state index is 5.80. The van der Waals surface area contributed by atoms with Gasteiger partial charge in [0.15, 0.2) is 0 Å². The van der Waals surface area contributed by atoms with Crippen molar-refractivity contribution < 1.29 is 0 Å². The van der Waals surface area contributed by atoms with Crippen molar-refractivity contribution in [2.75, 3.05) is 0 Å². The minimum Gasteiger partial charge on any atom is -0.115 e. The SMILES string of the molecule is C#Cc1c(C)c(C#C)c(C)c(-c2c(C)c(C#C)c(C)c(C#C)c2C)c1C. The molecule has 126 valence electrons. The number of hydrogen-bond donors (Lipinski definition) is 0. The van der Waals surface area contributed by atoms with E-state index in [1.807, 2.05) is 41.5 Å². The molecule has 0 aliphatic rings. The standard InChI is InChI=1S/C26H22/c1-11-21-15(5)22(12-2)18(8)25(17(21)7)26-19(9)23(13-3)16(6)24(14-4)20(26)10/h1-4H,5-10H3. The van der Waals surface area contributed by atoms with E-state index >= 15 is 0 Å². The third-order valence-electron chi connectivity index (χ3n) is 5.33. The van der Waals surface area contributed by atoms with Crippen LogP contribution in [0.25, 0.3) is 11.1 Å². The molecular weight excluding hydrogens is 312 g/mol. The first-order valence-corrected chi connectivity index (χ1v) is 8.40. The van der Waals surface area contributed by atoms with Crippen LogP contribution in [0.5, 0.6) is 0 Å². The van der Waals surface area contributed by atoms with Crippen LogP contribution >= 0.6 is 0 Å². The summed E-state index contributed by atoms with van der Waals surface area (Å²) < 4.78 is 0. The van der Waals surface area contributed by atoms with Gasteiger partial charge in [0, 0.05) is 22.3 Å². The minimum atomic E-state index is 0.836. The summed E-state index contributed by atoms with van der Waals surface area (Å²) in [5.41, 5.74) is 11.5. The summed E-state index contributed by atoms with van der Waals surface area (Å²) in [7, 11) is 0. The van der Waals surface area contributed by atoms with Gasteiger partial charge >= 0.3 is 0 Å². The van der Waals surface area contributed by atoms with E-state index in [1.165, 1.54) is 0 Å². The molecule has 2 rings (SSSR count). The normalized spacial score (nSPS) is 9.77. The van der Waals surface area contributed by atoms with Crippen LogP contribution in [0.3, 0.4) is 0 Å². The van der Waals surface area contributed by atoms with Crippen molar-refractivity contribution in [1.82, 2.24) is 0 Å². The van der Waals surface area contributed by atoms with Crippen molar-refractivity contribution in [3.63, 3.8) is 0 Å². The molecule has 0 bridgehead atoms. The van der Waals surface area contributed by atoms with Crippen molar-refractivity contribution in [1.29, 1.82) is 0 Å². The molecule has 2 aromatic carbocycles. The number of terminal acetylenes is 4. The zero-order valence-corrected chi connectivity index (χ0v) is 16.3. The summed E-state index contributed by atoms with van der Waals surface area (Å²) in [6.45, 7) is 12.1. The molecule has 0 radical (unpaired) electrons. The summed E-state index contributed by atoms with van der Waals surface area (Å²) in [6.07, 6.45) is 23.2. The lowest BCUT2D eigenvalue weighted by molar-refractivity contribution is 1.23. The number of hydrogen-bond acceptors (Lipinski definition) is 0. The molecule has 0 spiro atoms. The molecule has 26 heavy (non-hydrogen) atoms. The molecule has 0 amide bonds. The Morgan fingerprint density at radius 1 is 0.385 bits per heavy atom. The zero-order chi connectivity index (χ0) is 19.8. The molecule has 0 aliphatic heterocycles. The molecular formula is C26H22. The molecule has 2 aromatic rings. The fourth-order valence-corrected chi connectivity index (χ4v) is 4.05. The summed E-state index contributed by atoms with van der Waals surface area (Å²) in [6, 6.07) is 0. The van der Waals surface area contributed by atoms with Gasteiger partial charge in [-0.1, -0.05) is 23.7 Å². The van der Waals surface area contributed by atoms with Gasteiger partial charge in [0.05, 0.1) is 0 Å². The van der Waals surface area contributed by atoms with Gasteiger partial charge in [-0.05, 0) is 86.1 Å². The van der Waals surface area contributed by atoms with E-state index < -0.39 is 0 Å². The second kappa shape index (κ2) is 6.89. The van der Waals surface area contributed by atoms with Gasteiger partial charge in [0.1, 0.15) is 0 Å². The van der Waals surface area contributed by atoms with Crippen LogP contribution < -0.4 is 0 Å². The average Bonchev–Trinajstić information content (AvgIpc) is 2.59. The minimum absolute atomic E-state index is 0.836. The van der Waals surface area contributed by atoms with Crippen molar-refractivity contribution >= 4 is 0 Å². The van der Waals surface area contributed by atoms with Crippen LogP contribution in [-0.4, -0.2) is 0 Å². The smallest absolute Gasteiger partial charge is 0.0319 e. The van der Waals surface area contributed by atoms with Gasteiger partial charge in [-0.3, -0.25) is 0 Å². The lowest BCUT2D eigenvalue weighted by Crippen LogP contribution is -2.06. The average molecular weight is 334 g/mol. The van der Waals surface area contributed by atoms with E-state index in [9.17, 15) is 0 Å². The van der Waals surface area contributed by atoms with Gasteiger partial charge in [-0.15, -0.1) is 25.7 Å². The van der Waals surface area contributed by atoms with Gasteiger partial charge in [-0.2, -0.15) is 0 Å². The lowest BCUT2D eigenvalue weighted by atomic mass is 9.79. The Morgan fingerprint density at radius 3 is 0.731 bits per heavy atom. The van der Waals surface area contributed by atoms with E-state index in [-0.39, 0.29) is 0 Å². The van der Waals surface area contributed by atoms with Crippen LogP contribution in [0.15, 0.2) is 0 Å². The van der Waals surface area contributed by atoms with Crippen molar-refractivity contribution in [2.24, 2.45) is 0 Å². The Bertz CT molecular complexity index is 934. The molecule has 0 aliphatic carbocycles. The fourth-order valence-electron chi connectivity index (χ4n) is 4.05. The molecule has 0 fully saturated rings. The first-order valence-electron chi connectivity index (χ1n) is 8.40. The predicted octanol–water partition coefficient (Wildman–Crippen LogP) is 5.13. The van der Waals surface area contributed by atoms with Crippen molar-refractivity contribution in [2.45, 2.75) is 41.5 Å². The number of benzene rings is 2. The second-order valence-electron chi connectivity index (χ2n) is 6.58. The van der Waals surface area contributed by atoms with E-state index in [4.69, 9.17) is 25.7 Å². The largest absolute Gasteiger partial charge is 0.115 e. The van der Waals surface area contributed by atoms with Crippen LogP contribution in [-0.2, 0) is 0 Å². The Labute approximate surface area is 158 Å². The molecule has 0 N–H and O–H groups in total. The maximum Gasteiger partial charge on any atom is 0.0319 e. The molecule has 0 heterocycles. The first-order chi connectivity index (χ1) is 12.3. The highest BCUT2D eigenvalue weighted by Gasteiger charge is 2.22. The molecule has 0 saturated carbocycles. The van der Waals surface area contributed by atoms with E-state index in [2.05, 4.69) is 23.7 Å². The van der Waals surface area contributed by atoms with Gasteiger partial charge in [0.2, 0.25) is 0 Å². The highest BCUT2D eigenvalue weighted by molar-refractivity contribution is 5.85. The summed E-state index contributed by atoms with van der Waals surface area (Å²) in [5.74, 6) is 11.2. The van der Waals surface area contributed by atoms with E-state index in [1.54, 1.807) is 0 Å². The van der Waals surface area contributed by atoms with E-state index in [0.717, 1.165) is 66.8 Å². The number of rotatable bonds is 1. The highest BCUT2D eigenvalue weighted by atomic mass is 14.2. The lowest BCUT2D eigenvalue weighted by Gasteiger charge is -2.23. The summed E-state index contributed by atoms with van der Waals surface area (Å²) in [5, 5.41) is 0. The predicted molar refractivity (Wildman–Crippen MR) is 112 cm³/mol. The van der Waals surface area contributed by atoms with Gasteiger partial charge in [-0.25, -0.2) is 0 Å². The molecule has 0 atom stereocenters. The topological polar surface area (TPSA) is 0 Å². The van der Waals surface area contributed by atoms with Crippen LogP contribution in [0.1, 0.15) is 55.6 Å². The molecule has 0 saturated heterocycles. The van der Waals surface area contributed by atoms with Crippen molar-refractivity contribution in [3.8, 4) is 60.5 Å². The van der Waals surface area contributed by atoms with Gasteiger partial charge < -0.3 is 0 Å². The Kier molecular flexibility index (Phi) is 5.04. The third-order valence-corrected chi connectivity index (χ3v) is 5.33. The highest BCUT2D eigenvalue weighted by Crippen LogP contribution is 2.40. The van der Waals surface area contributed by atoms with Crippen LogP contribution in [0, 0.1) is 90.9 Å². The quantitative estimate of drug-likeness (QED) is 0.634. The molecule has 0 nitrogen and oxygen atoms in total.